The van der Waals surface area contributed by atoms with E-state index in [0.29, 0.717) is 6.04 Å². The monoisotopic (exact) mass is 205 g/mol. The Morgan fingerprint density at radius 2 is 2.33 bits per heavy atom. The first-order valence-electron chi connectivity index (χ1n) is 4.83. The van der Waals surface area contributed by atoms with E-state index in [-0.39, 0.29) is 0 Å². The summed E-state index contributed by atoms with van der Waals surface area (Å²) < 4.78 is 0. The van der Waals surface area contributed by atoms with Crippen LogP contribution in [-0.4, -0.2) is 17.0 Å². The van der Waals surface area contributed by atoms with Crippen molar-refractivity contribution in [3.8, 4) is 0 Å². The first kappa shape index (κ1) is 10.7. The summed E-state index contributed by atoms with van der Waals surface area (Å²) >= 11 is 0. The zero-order valence-corrected chi connectivity index (χ0v) is 9.42. The van der Waals surface area contributed by atoms with Gasteiger partial charge in [0.25, 0.3) is 0 Å². The molecule has 1 nitrogen and oxygen atoms in total. The van der Waals surface area contributed by atoms with Gasteiger partial charge < -0.3 is 5.73 Å². The Labute approximate surface area is 83.6 Å². The van der Waals surface area contributed by atoms with Crippen molar-refractivity contribution in [2.75, 3.05) is 5.75 Å². The minimum atomic E-state index is 0.399. The Hall–Kier alpha value is 0.660. The summed E-state index contributed by atoms with van der Waals surface area (Å²) in [5.74, 6) is 1.36. The predicted molar refractivity (Wildman–Crippen MR) is 60.6 cm³/mol. The van der Waals surface area contributed by atoms with Gasteiger partial charge in [-0.1, -0.05) is 34.4 Å². The van der Waals surface area contributed by atoms with Crippen molar-refractivity contribution in [3.05, 3.63) is 0 Å². The van der Waals surface area contributed by atoms with Crippen molar-refractivity contribution < 1.29 is 0 Å². The zero-order valence-electron chi connectivity index (χ0n) is 7.79. The van der Waals surface area contributed by atoms with E-state index >= 15 is 0 Å². The van der Waals surface area contributed by atoms with E-state index < -0.39 is 0 Å². The second-order valence-corrected chi connectivity index (χ2v) is 6.38. The molecule has 0 radical (unpaired) electrons. The summed E-state index contributed by atoms with van der Waals surface area (Å²) in [6.45, 7) is 2.10. The molecule has 72 valence electrons. The topological polar surface area (TPSA) is 26.0 Å². The molecular weight excluding hydrogens is 186 g/mol. The van der Waals surface area contributed by atoms with Crippen LogP contribution < -0.4 is 5.73 Å². The van der Waals surface area contributed by atoms with Gasteiger partial charge in [0.2, 0.25) is 0 Å². The van der Waals surface area contributed by atoms with Crippen LogP contribution in [0, 0.1) is 0 Å². The van der Waals surface area contributed by atoms with Gasteiger partial charge >= 0.3 is 0 Å². The van der Waals surface area contributed by atoms with Gasteiger partial charge in [-0.3, -0.25) is 0 Å². The van der Waals surface area contributed by atoms with Crippen LogP contribution in [0.4, 0.5) is 0 Å². The molecule has 2 atom stereocenters. The Morgan fingerprint density at radius 1 is 1.50 bits per heavy atom. The molecule has 3 heteroatoms. The van der Waals surface area contributed by atoms with E-state index in [2.05, 4.69) is 17.7 Å². The number of rotatable bonds is 5. The second-order valence-electron chi connectivity index (χ2n) is 3.59. The highest BCUT2D eigenvalue weighted by Gasteiger charge is 2.15. The van der Waals surface area contributed by atoms with Crippen molar-refractivity contribution in [3.63, 3.8) is 0 Å². The van der Waals surface area contributed by atoms with Crippen LogP contribution in [0.25, 0.3) is 0 Å². The van der Waals surface area contributed by atoms with Crippen LogP contribution in [0.1, 0.15) is 39.0 Å². The van der Waals surface area contributed by atoms with Crippen LogP contribution in [0.15, 0.2) is 0 Å². The number of hydrogen-bond donors (Lipinski definition) is 1. The molecule has 12 heavy (non-hydrogen) atoms. The molecule has 1 rings (SSSR count). The quantitative estimate of drug-likeness (QED) is 0.552. The lowest BCUT2D eigenvalue weighted by atomic mass is 10.1. The average molecular weight is 205 g/mol. The molecule has 0 bridgehead atoms. The van der Waals surface area contributed by atoms with Crippen LogP contribution in [0.3, 0.4) is 0 Å². The van der Waals surface area contributed by atoms with Crippen molar-refractivity contribution in [2.45, 2.75) is 50.3 Å². The Bertz CT molecular complexity index is 111. The van der Waals surface area contributed by atoms with E-state index in [1.807, 2.05) is 10.8 Å². The second kappa shape index (κ2) is 6.17. The highest BCUT2D eigenvalue weighted by molar-refractivity contribution is 8.77. The van der Waals surface area contributed by atoms with Gasteiger partial charge in [-0.15, -0.1) is 0 Å². The van der Waals surface area contributed by atoms with Crippen LogP contribution in [0.5, 0.6) is 0 Å². The molecule has 1 unspecified atom stereocenters. The summed E-state index contributed by atoms with van der Waals surface area (Å²) in [4.78, 5) is 0. The summed E-state index contributed by atoms with van der Waals surface area (Å²) in [7, 11) is 4.13. The summed E-state index contributed by atoms with van der Waals surface area (Å²) in [5.41, 5.74) is 5.68. The molecule has 0 amide bonds. The highest BCUT2D eigenvalue weighted by atomic mass is 33.1. The standard InChI is InChI=1S/C9H19NS2/c1-8(10)4-2-3-5-9-6-7-11-12-9/h8-9H,2-7,10H2,1H3/t8?,9-/m1/s1. The van der Waals surface area contributed by atoms with E-state index in [4.69, 9.17) is 5.73 Å². The molecule has 1 aliphatic rings. The maximum absolute atomic E-state index is 5.68. The molecule has 1 saturated heterocycles. The van der Waals surface area contributed by atoms with Crippen molar-refractivity contribution in [2.24, 2.45) is 5.73 Å². The maximum atomic E-state index is 5.68. The third kappa shape index (κ3) is 4.63. The molecule has 0 aromatic rings. The molecule has 2 N–H and O–H groups in total. The highest BCUT2D eigenvalue weighted by Crippen LogP contribution is 2.39. The van der Waals surface area contributed by atoms with Gasteiger partial charge in [-0.2, -0.15) is 0 Å². The SMILES string of the molecule is CC(N)CCCC[C@@H]1CCSS1. The normalized spacial score (nSPS) is 26.0. The van der Waals surface area contributed by atoms with E-state index in [9.17, 15) is 0 Å². The molecule has 0 aromatic heterocycles. The molecule has 0 spiro atoms. The van der Waals surface area contributed by atoms with Gasteiger partial charge in [-0.25, -0.2) is 0 Å². The maximum Gasteiger partial charge on any atom is 0.0159 e. The molecule has 1 aliphatic heterocycles. The van der Waals surface area contributed by atoms with Gasteiger partial charge in [0.05, 0.1) is 0 Å². The third-order valence-corrected chi connectivity index (χ3v) is 5.17. The molecule has 1 fully saturated rings. The largest absolute Gasteiger partial charge is 0.328 e. The van der Waals surface area contributed by atoms with Crippen molar-refractivity contribution in [1.82, 2.24) is 0 Å². The van der Waals surface area contributed by atoms with E-state index in [1.165, 1.54) is 37.9 Å². The summed E-state index contributed by atoms with van der Waals surface area (Å²) in [6.07, 6.45) is 6.72. The van der Waals surface area contributed by atoms with E-state index in [0.717, 1.165) is 5.25 Å². The van der Waals surface area contributed by atoms with Crippen LogP contribution in [-0.2, 0) is 0 Å². The first-order valence-corrected chi connectivity index (χ1v) is 7.21. The molecule has 0 saturated carbocycles. The van der Waals surface area contributed by atoms with Gasteiger partial charge in [0.1, 0.15) is 0 Å². The molecule has 0 aliphatic carbocycles. The predicted octanol–water partition coefficient (Wildman–Crippen LogP) is 3.05. The molecule has 0 aromatic carbocycles. The van der Waals surface area contributed by atoms with Gasteiger partial charge in [0.15, 0.2) is 0 Å². The third-order valence-electron chi connectivity index (χ3n) is 2.16. The fourth-order valence-corrected chi connectivity index (χ4v) is 4.43. The number of hydrogen-bond acceptors (Lipinski definition) is 3. The lowest BCUT2D eigenvalue weighted by Gasteiger charge is -2.07. The van der Waals surface area contributed by atoms with E-state index in [1.54, 1.807) is 0 Å². The molecule has 1 heterocycles. The Kier molecular flexibility index (Phi) is 5.52. The fraction of sp³-hybridized carbons (Fsp3) is 1.00. The van der Waals surface area contributed by atoms with Gasteiger partial charge in [0, 0.05) is 17.0 Å². The number of unbranched alkanes of at least 4 members (excludes halogenated alkanes) is 1. The minimum Gasteiger partial charge on any atom is -0.328 e. The lowest BCUT2D eigenvalue weighted by molar-refractivity contribution is 0.571. The van der Waals surface area contributed by atoms with Crippen molar-refractivity contribution in [1.29, 1.82) is 0 Å². The summed E-state index contributed by atoms with van der Waals surface area (Å²) in [6, 6.07) is 0.399. The van der Waals surface area contributed by atoms with Gasteiger partial charge in [-0.05, 0) is 26.2 Å². The minimum absolute atomic E-state index is 0.399. The first-order chi connectivity index (χ1) is 5.79. The zero-order chi connectivity index (χ0) is 8.81. The Morgan fingerprint density at radius 3 is 2.92 bits per heavy atom. The molecular formula is C9H19NS2. The van der Waals surface area contributed by atoms with Crippen LogP contribution >= 0.6 is 21.6 Å². The smallest absolute Gasteiger partial charge is 0.0159 e. The fourth-order valence-electron chi connectivity index (χ4n) is 1.40. The van der Waals surface area contributed by atoms with Crippen molar-refractivity contribution >= 4 is 21.6 Å². The Balaban J connectivity index is 1.88. The van der Waals surface area contributed by atoms with Crippen LogP contribution in [0.2, 0.25) is 0 Å². The summed E-state index contributed by atoms with van der Waals surface area (Å²) in [5, 5.41) is 0.947. The average Bonchev–Trinajstić information content (AvgIpc) is 2.49. The lowest BCUT2D eigenvalue weighted by Crippen LogP contribution is -2.14. The number of nitrogens with two attached hydrogens (primary N) is 1.